The molecule has 6 nitrogen and oxygen atoms in total. The first-order chi connectivity index (χ1) is 13.6. The predicted molar refractivity (Wildman–Crippen MR) is 110 cm³/mol. The Balaban J connectivity index is 1.33. The van der Waals surface area contributed by atoms with Crippen LogP contribution >= 0.6 is 0 Å². The Kier molecular flexibility index (Phi) is 5.10. The molecule has 28 heavy (non-hydrogen) atoms. The van der Waals surface area contributed by atoms with Gasteiger partial charge in [-0.3, -0.25) is 9.59 Å². The Morgan fingerprint density at radius 2 is 1.75 bits per heavy atom. The Morgan fingerprint density at radius 1 is 1.04 bits per heavy atom. The molecule has 0 bridgehead atoms. The molecule has 0 unspecified atom stereocenters. The molecule has 0 atom stereocenters. The van der Waals surface area contributed by atoms with Gasteiger partial charge < -0.3 is 15.1 Å². The Labute approximate surface area is 164 Å². The summed E-state index contributed by atoms with van der Waals surface area (Å²) in [5.41, 5.74) is 2.63. The van der Waals surface area contributed by atoms with E-state index in [9.17, 15) is 9.59 Å². The third-order valence-corrected chi connectivity index (χ3v) is 5.32. The zero-order valence-corrected chi connectivity index (χ0v) is 15.8. The van der Waals surface area contributed by atoms with Crippen LogP contribution in [0.1, 0.15) is 34.7 Å². The highest BCUT2D eigenvalue weighted by Gasteiger charge is 2.23. The second-order valence-electron chi connectivity index (χ2n) is 7.27. The van der Waals surface area contributed by atoms with Gasteiger partial charge in [0.05, 0.1) is 11.9 Å². The van der Waals surface area contributed by atoms with Gasteiger partial charge in [-0.2, -0.15) is 0 Å². The minimum atomic E-state index is -0.131. The Hall–Kier alpha value is -3.15. The molecule has 6 heteroatoms. The van der Waals surface area contributed by atoms with Gasteiger partial charge in [-0.25, -0.2) is 4.98 Å². The van der Waals surface area contributed by atoms with E-state index in [-0.39, 0.29) is 11.8 Å². The van der Waals surface area contributed by atoms with Gasteiger partial charge in [-0.15, -0.1) is 0 Å². The molecule has 2 fully saturated rings. The number of aromatic nitrogens is 1. The van der Waals surface area contributed by atoms with Crippen molar-refractivity contribution in [3.05, 3.63) is 66.4 Å². The van der Waals surface area contributed by atoms with E-state index in [1.54, 1.807) is 11.1 Å². The summed E-state index contributed by atoms with van der Waals surface area (Å²) >= 11 is 0. The van der Waals surface area contributed by atoms with Crippen molar-refractivity contribution in [3.63, 3.8) is 0 Å². The van der Waals surface area contributed by atoms with E-state index in [0.29, 0.717) is 30.3 Å². The minimum Gasteiger partial charge on any atom is -0.353 e. The zero-order valence-electron chi connectivity index (χ0n) is 15.8. The zero-order chi connectivity index (χ0) is 19.5. The summed E-state index contributed by atoms with van der Waals surface area (Å²) in [7, 11) is 0. The van der Waals surface area contributed by atoms with Crippen LogP contribution in [0.15, 0.2) is 55.3 Å². The number of rotatable bonds is 5. The molecule has 2 heterocycles. The van der Waals surface area contributed by atoms with Crippen molar-refractivity contribution in [2.24, 2.45) is 0 Å². The lowest BCUT2D eigenvalue weighted by Gasteiger charge is -2.34. The molecule has 2 aromatic rings. The van der Waals surface area contributed by atoms with Crippen molar-refractivity contribution in [2.45, 2.75) is 18.8 Å². The minimum absolute atomic E-state index is 0.0316. The molecule has 1 N–H and O–H groups in total. The number of nitrogens with zero attached hydrogens (tertiary/aromatic N) is 3. The first-order valence-electron chi connectivity index (χ1n) is 9.67. The third-order valence-electron chi connectivity index (χ3n) is 5.32. The van der Waals surface area contributed by atoms with Gasteiger partial charge in [-0.1, -0.05) is 18.7 Å². The molecule has 1 aliphatic heterocycles. The number of nitrogens with one attached hydrogen (secondary N) is 1. The van der Waals surface area contributed by atoms with Crippen molar-refractivity contribution in [1.29, 1.82) is 0 Å². The fourth-order valence-electron chi connectivity index (χ4n) is 3.46. The first-order valence-corrected chi connectivity index (χ1v) is 9.67. The molecule has 1 aromatic heterocycles. The van der Waals surface area contributed by atoms with Gasteiger partial charge in [0.15, 0.2) is 0 Å². The van der Waals surface area contributed by atoms with E-state index in [4.69, 9.17) is 0 Å². The molecule has 0 radical (unpaired) electrons. The summed E-state index contributed by atoms with van der Waals surface area (Å²) in [5, 5.41) is 2.90. The average molecular weight is 376 g/mol. The maximum Gasteiger partial charge on any atom is 0.255 e. The normalized spacial score (nSPS) is 16.6. The van der Waals surface area contributed by atoms with Crippen molar-refractivity contribution in [2.75, 3.05) is 36.4 Å². The maximum atomic E-state index is 12.4. The number of piperazine rings is 1. The largest absolute Gasteiger partial charge is 0.353 e. The van der Waals surface area contributed by atoms with E-state index in [2.05, 4.69) is 21.8 Å². The van der Waals surface area contributed by atoms with Gasteiger partial charge in [0.25, 0.3) is 5.91 Å². The molecule has 4 rings (SSSR count). The molecule has 2 aliphatic rings. The number of benzene rings is 1. The molecule has 0 spiro atoms. The number of hydrogen-bond donors (Lipinski definition) is 1. The number of carbonyl (C=O) groups excluding carboxylic acids is 2. The van der Waals surface area contributed by atoms with Crippen molar-refractivity contribution < 1.29 is 9.59 Å². The topological polar surface area (TPSA) is 65.5 Å². The molecule has 1 aliphatic carbocycles. The number of anilines is 2. The quantitative estimate of drug-likeness (QED) is 0.815. The van der Waals surface area contributed by atoms with E-state index in [1.165, 1.54) is 24.5 Å². The smallest absolute Gasteiger partial charge is 0.255 e. The highest BCUT2D eigenvalue weighted by Crippen LogP contribution is 2.39. The lowest BCUT2D eigenvalue weighted by atomic mass is 10.1. The summed E-state index contributed by atoms with van der Waals surface area (Å²) in [6.07, 6.45) is 5.53. The van der Waals surface area contributed by atoms with Gasteiger partial charge in [0.1, 0.15) is 5.82 Å². The summed E-state index contributed by atoms with van der Waals surface area (Å²) < 4.78 is 0. The average Bonchev–Trinajstić information content (AvgIpc) is 3.59. The van der Waals surface area contributed by atoms with Crippen LogP contribution in [0, 0.1) is 0 Å². The van der Waals surface area contributed by atoms with Crippen molar-refractivity contribution >= 4 is 23.3 Å². The lowest BCUT2D eigenvalue weighted by molar-refractivity contribution is -0.126. The molecule has 144 valence electrons. The van der Waals surface area contributed by atoms with Crippen LogP contribution in [0.3, 0.4) is 0 Å². The fourth-order valence-corrected chi connectivity index (χ4v) is 3.46. The molecular formula is C22H24N4O2. The van der Waals surface area contributed by atoms with Gasteiger partial charge in [-0.05, 0) is 54.7 Å². The van der Waals surface area contributed by atoms with Gasteiger partial charge in [0.2, 0.25) is 5.91 Å². The summed E-state index contributed by atoms with van der Waals surface area (Å²) in [4.78, 5) is 32.5. The van der Waals surface area contributed by atoms with Crippen molar-refractivity contribution in [1.82, 2.24) is 9.88 Å². The van der Waals surface area contributed by atoms with E-state index in [0.717, 1.165) is 18.9 Å². The van der Waals surface area contributed by atoms with Crippen LogP contribution in [-0.4, -0.2) is 47.9 Å². The molecule has 1 aromatic carbocycles. The maximum absolute atomic E-state index is 12.4. The lowest BCUT2D eigenvalue weighted by Crippen LogP contribution is -2.48. The van der Waals surface area contributed by atoms with Crippen LogP contribution in [-0.2, 0) is 4.79 Å². The number of amides is 2. The Bertz CT molecular complexity index is 864. The fraction of sp³-hybridized carbons (Fsp3) is 0.318. The van der Waals surface area contributed by atoms with Crippen LogP contribution in [0.4, 0.5) is 11.5 Å². The number of hydrogen-bond acceptors (Lipinski definition) is 4. The van der Waals surface area contributed by atoms with Crippen LogP contribution < -0.4 is 10.2 Å². The predicted octanol–water partition coefficient (Wildman–Crippen LogP) is 3.05. The number of pyridine rings is 1. The standard InChI is InChI=1S/C22H24N4O2/c1-2-21(27)26-13-11-25(12-14-26)20-10-9-19(15-23-20)24-22(28)18-7-5-17(6-8-18)16-3-4-16/h2,5-10,15-16H,1,3-4,11-14H2,(H,24,28). The number of carbonyl (C=O) groups is 2. The highest BCUT2D eigenvalue weighted by atomic mass is 16.2. The van der Waals surface area contributed by atoms with Crippen LogP contribution in [0.5, 0.6) is 0 Å². The van der Waals surface area contributed by atoms with Gasteiger partial charge in [0, 0.05) is 31.7 Å². The van der Waals surface area contributed by atoms with Crippen molar-refractivity contribution in [3.8, 4) is 0 Å². The second-order valence-corrected chi connectivity index (χ2v) is 7.27. The molecule has 1 saturated heterocycles. The SMILES string of the molecule is C=CC(=O)N1CCN(c2ccc(NC(=O)c3ccc(C4CC4)cc3)cn2)CC1. The molecular weight excluding hydrogens is 352 g/mol. The third kappa shape index (κ3) is 4.06. The Morgan fingerprint density at radius 3 is 2.32 bits per heavy atom. The van der Waals surface area contributed by atoms with E-state index in [1.807, 2.05) is 36.4 Å². The second kappa shape index (κ2) is 7.84. The van der Waals surface area contributed by atoms with E-state index >= 15 is 0 Å². The monoisotopic (exact) mass is 376 g/mol. The molecule has 2 amide bonds. The molecule has 1 saturated carbocycles. The first kappa shape index (κ1) is 18.2. The van der Waals surface area contributed by atoms with Crippen LogP contribution in [0.25, 0.3) is 0 Å². The summed E-state index contributed by atoms with van der Waals surface area (Å²) in [5.74, 6) is 1.37. The highest BCUT2D eigenvalue weighted by molar-refractivity contribution is 6.04. The van der Waals surface area contributed by atoms with Gasteiger partial charge >= 0.3 is 0 Å². The van der Waals surface area contributed by atoms with Crippen LogP contribution in [0.2, 0.25) is 0 Å². The van der Waals surface area contributed by atoms with E-state index < -0.39 is 0 Å². The summed E-state index contributed by atoms with van der Waals surface area (Å²) in [6, 6.07) is 11.6. The summed E-state index contributed by atoms with van der Waals surface area (Å²) in [6.45, 7) is 6.30.